The Bertz CT molecular complexity index is 321. The molecule has 3 rings (SSSR count). The minimum absolute atomic E-state index is 0.205. The van der Waals surface area contributed by atoms with Crippen LogP contribution in [0.2, 0.25) is 0 Å². The van der Waals surface area contributed by atoms with Crippen molar-refractivity contribution in [3.8, 4) is 0 Å². The van der Waals surface area contributed by atoms with Crippen molar-refractivity contribution in [2.75, 3.05) is 19.6 Å². The zero-order chi connectivity index (χ0) is 12.8. The molecule has 4 nitrogen and oxygen atoms in total. The first-order valence-electron chi connectivity index (χ1n) is 7.32. The van der Waals surface area contributed by atoms with Gasteiger partial charge < -0.3 is 15.7 Å². The quantitative estimate of drug-likeness (QED) is 0.683. The summed E-state index contributed by atoms with van der Waals surface area (Å²) in [5.74, 6) is 1.01. The highest BCUT2D eigenvalue weighted by molar-refractivity contribution is 5.79. The molecule has 3 aliphatic carbocycles. The molecule has 0 amide bonds. The van der Waals surface area contributed by atoms with Crippen molar-refractivity contribution in [2.45, 2.75) is 44.1 Å². The number of carbonyl (C=O) groups is 1. The first kappa shape index (κ1) is 12.4. The lowest BCUT2D eigenvalue weighted by molar-refractivity contribution is -0.145. The number of carboxylic acids is 1. The van der Waals surface area contributed by atoms with Crippen LogP contribution >= 0.6 is 0 Å². The number of nitrogens with two attached hydrogens (primary N) is 1. The Hall–Kier alpha value is -0.610. The van der Waals surface area contributed by atoms with Gasteiger partial charge in [0.1, 0.15) is 5.54 Å². The second-order valence-corrected chi connectivity index (χ2v) is 6.70. The predicted molar refractivity (Wildman–Crippen MR) is 69.2 cm³/mol. The Labute approximate surface area is 109 Å². The molecule has 0 aromatic rings. The highest BCUT2D eigenvalue weighted by atomic mass is 16.4. The Balaban J connectivity index is 1.62. The van der Waals surface area contributed by atoms with E-state index in [0.717, 1.165) is 37.8 Å². The van der Waals surface area contributed by atoms with Crippen LogP contribution in [0.25, 0.3) is 0 Å². The van der Waals surface area contributed by atoms with Crippen LogP contribution in [0.4, 0.5) is 0 Å². The van der Waals surface area contributed by atoms with E-state index >= 15 is 0 Å². The highest BCUT2D eigenvalue weighted by Crippen LogP contribution is 2.40. The van der Waals surface area contributed by atoms with Crippen LogP contribution in [0.15, 0.2) is 0 Å². The molecule has 18 heavy (non-hydrogen) atoms. The van der Waals surface area contributed by atoms with E-state index in [4.69, 9.17) is 5.73 Å². The maximum atomic E-state index is 11.5. The summed E-state index contributed by atoms with van der Waals surface area (Å²) in [4.78, 5) is 13.8. The van der Waals surface area contributed by atoms with E-state index < -0.39 is 11.5 Å². The van der Waals surface area contributed by atoms with Gasteiger partial charge in [-0.05, 0) is 56.3 Å². The molecule has 3 N–H and O–H groups in total. The van der Waals surface area contributed by atoms with Crippen molar-refractivity contribution < 1.29 is 9.90 Å². The van der Waals surface area contributed by atoms with Gasteiger partial charge in [0.2, 0.25) is 0 Å². The lowest BCUT2D eigenvalue weighted by atomic mass is 9.93. The van der Waals surface area contributed by atoms with E-state index in [2.05, 4.69) is 4.90 Å². The first-order valence-corrected chi connectivity index (χ1v) is 7.32. The fraction of sp³-hybridized carbons (Fsp3) is 0.929. The molecule has 0 spiro atoms. The van der Waals surface area contributed by atoms with Crippen molar-refractivity contribution in [3.63, 3.8) is 0 Å². The van der Waals surface area contributed by atoms with Gasteiger partial charge in [-0.25, -0.2) is 0 Å². The molecule has 0 radical (unpaired) electrons. The second kappa shape index (κ2) is 4.49. The molecular formula is C14H24N2O2. The number of nitrogens with zero attached hydrogens (tertiary/aromatic N) is 1. The minimum Gasteiger partial charge on any atom is -0.480 e. The topological polar surface area (TPSA) is 66.6 Å². The van der Waals surface area contributed by atoms with Gasteiger partial charge in [0.15, 0.2) is 0 Å². The summed E-state index contributed by atoms with van der Waals surface area (Å²) in [6.07, 6.45) is 7.24. The summed E-state index contributed by atoms with van der Waals surface area (Å²) >= 11 is 0. The largest absolute Gasteiger partial charge is 0.480 e. The van der Waals surface area contributed by atoms with Gasteiger partial charge in [-0.15, -0.1) is 0 Å². The van der Waals surface area contributed by atoms with Crippen LogP contribution < -0.4 is 5.73 Å². The Morgan fingerprint density at radius 2 is 1.61 bits per heavy atom. The van der Waals surface area contributed by atoms with Crippen molar-refractivity contribution in [1.29, 1.82) is 0 Å². The molecule has 102 valence electrons. The molecule has 0 aliphatic heterocycles. The molecule has 3 fully saturated rings. The molecule has 0 aromatic carbocycles. The third-order valence-corrected chi connectivity index (χ3v) is 4.62. The van der Waals surface area contributed by atoms with E-state index in [-0.39, 0.29) is 5.92 Å². The zero-order valence-corrected chi connectivity index (χ0v) is 11.0. The first-order chi connectivity index (χ1) is 8.58. The SMILES string of the molecule is NC(CN(CC1CC1)CC1CC1)(C(=O)O)C1CC1. The Morgan fingerprint density at radius 3 is 1.94 bits per heavy atom. The molecule has 0 heterocycles. The molecule has 0 bridgehead atoms. The van der Waals surface area contributed by atoms with E-state index in [1.807, 2.05) is 0 Å². The third-order valence-electron chi connectivity index (χ3n) is 4.62. The van der Waals surface area contributed by atoms with E-state index in [1.54, 1.807) is 0 Å². The van der Waals surface area contributed by atoms with Crippen LogP contribution in [-0.4, -0.2) is 41.1 Å². The number of aliphatic carboxylic acids is 1. The average molecular weight is 252 g/mol. The molecular weight excluding hydrogens is 228 g/mol. The Kier molecular flexibility index (Phi) is 3.10. The van der Waals surface area contributed by atoms with Gasteiger partial charge >= 0.3 is 5.97 Å². The summed E-state index contributed by atoms with van der Waals surface area (Å²) in [6, 6.07) is 0. The smallest absolute Gasteiger partial charge is 0.325 e. The van der Waals surface area contributed by atoms with Crippen LogP contribution in [0.5, 0.6) is 0 Å². The van der Waals surface area contributed by atoms with Gasteiger partial charge in [0.25, 0.3) is 0 Å². The van der Waals surface area contributed by atoms with Gasteiger partial charge in [-0.1, -0.05) is 0 Å². The fourth-order valence-electron chi connectivity index (χ4n) is 2.87. The maximum absolute atomic E-state index is 11.5. The van der Waals surface area contributed by atoms with Crippen molar-refractivity contribution in [1.82, 2.24) is 4.90 Å². The number of carboxylic acid groups (broad SMARTS) is 1. The molecule has 1 unspecified atom stereocenters. The standard InChI is InChI=1S/C14H24N2O2/c15-14(13(17)18,12-5-6-12)9-16(7-10-1-2-10)8-11-3-4-11/h10-12H,1-9,15H2,(H,17,18). The van der Waals surface area contributed by atoms with Gasteiger partial charge in [0.05, 0.1) is 0 Å². The summed E-state index contributed by atoms with van der Waals surface area (Å²) in [7, 11) is 0. The monoisotopic (exact) mass is 252 g/mol. The van der Waals surface area contributed by atoms with E-state index in [9.17, 15) is 9.90 Å². The maximum Gasteiger partial charge on any atom is 0.325 e. The lowest BCUT2D eigenvalue weighted by Gasteiger charge is -2.32. The lowest BCUT2D eigenvalue weighted by Crippen LogP contribution is -2.58. The zero-order valence-electron chi connectivity index (χ0n) is 11.0. The molecule has 3 aliphatic rings. The van der Waals surface area contributed by atoms with E-state index in [1.165, 1.54) is 25.7 Å². The van der Waals surface area contributed by atoms with Crippen LogP contribution in [0, 0.1) is 17.8 Å². The third kappa shape index (κ3) is 2.86. The summed E-state index contributed by atoms with van der Waals surface area (Å²) < 4.78 is 0. The molecule has 0 saturated heterocycles. The highest BCUT2D eigenvalue weighted by Gasteiger charge is 2.49. The fourth-order valence-corrected chi connectivity index (χ4v) is 2.87. The van der Waals surface area contributed by atoms with Crippen molar-refractivity contribution in [2.24, 2.45) is 23.5 Å². The van der Waals surface area contributed by atoms with Gasteiger partial charge in [0, 0.05) is 19.6 Å². The minimum atomic E-state index is -0.996. The van der Waals surface area contributed by atoms with Crippen molar-refractivity contribution in [3.05, 3.63) is 0 Å². The van der Waals surface area contributed by atoms with Crippen LogP contribution in [0.3, 0.4) is 0 Å². The van der Waals surface area contributed by atoms with Crippen molar-refractivity contribution >= 4 is 5.97 Å². The van der Waals surface area contributed by atoms with Crippen LogP contribution in [-0.2, 0) is 4.79 Å². The number of rotatable bonds is 8. The average Bonchev–Trinajstić information content (AvgIpc) is 3.09. The summed E-state index contributed by atoms with van der Waals surface area (Å²) in [6.45, 7) is 2.69. The summed E-state index contributed by atoms with van der Waals surface area (Å²) in [5, 5.41) is 9.44. The van der Waals surface area contributed by atoms with E-state index in [0.29, 0.717) is 6.54 Å². The molecule has 1 atom stereocenters. The number of hydrogen-bond donors (Lipinski definition) is 2. The van der Waals surface area contributed by atoms with Gasteiger partial charge in [-0.3, -0.25) is 4.79 Å². The number of hydrogen-bond acceptors (Lipinski definition) is 3. The molecule has 0 aromatic heterocycles. The normalized spacial score (nSPS) is 27.2. The molecule has 3 saturated carbocycles. The van der Waals surface area contributed by atoms with Crippen LogP contribution in [0.1, 0.15) is 38.5 Å². The predicted octanol–water partition coefficient (Wildman–Crippen LogP) is 1.30. The second-order valence-electron chi connectivity index (χ2n) is 6.70. The summed E-state index contributed by atoms with van der Waals surface area (Å²) in [5.41, 5.74) is 5.20. The molecule has 4 heteroatoms. The van der Waals surface area contributed by atoms with Gasteiger partial charge in [-0.2, -0.15) is 0 Å². The Morgan fingerprint density at radius 1 is 1.11 bits per heavy atom.